The van der Waals surface area contributed by atoms with Crippen molar-refractivity contribution in [3.8, 4) is 0 Å². The minimum atomic E-state index is -2.99. The Morgan fingerprint density at radius 3 is 2.41 bits per heavy atom. The summed E-state index contributed by atoms with van der Waals surface area (Å²) >= 11 is 0. The van der Waals surface area contributed by atoms with Gasteiger partial charge in [0.2, 0.25) is 0 Å². The van der Waals surface area contributed by atoms with Crippen LogP contribution < -0.4 is 10.6 Å². The largest absolute Gasteiger partial charge is 0.444 e. The highest BCUT2D eigenvalue weighted by Gasteiger charge is 2.33. The molecular formula is C16H30F2N2O2. The second-order valence-corrected chi connectivity index (χ2v) is 7.59. The van der Waals surface area contributed by atoms with Crippen LogP contribution in [0, 0.1) is 11.8 Å². The molecule has 4 nitrogen and oxygen atoms in total. The lowest BCUT2D eigenvalue weighted by atomic mass is 9.80. The van der Waals surface area contributed by atoms with E-state index in [4.69, 9.17) is 4.74 Å². The second-order valence-electron chi connectivity index (χ2n) is 7.59. The lowest BCUT2D eigenvalue weighted by Crippen LogP contribution is -2.49. The molecule has 130 valence electrons. The Kier molecular flexibility index (Phi) is 6.59. The maximum absolute atomic E-state index is 13.9. The van der Waals surface area contributed by atoms with Crippen molar-refractivity contribution >= 4 is 6.09 Å². The van der Waals surface area contributed by atoms with Crippen LogP contribution >= 0.6 is 0 Å². The maximum atomic E-state index is 13.9. The van der Waals surface area contributed by atoms with E-state index in [1.165, 1.54) is 0 Å². The molecule has 22 heavy (non-hydrogen) atoms. The van der Waals surface area contributed by atoms with E-state index in [1.54, 1.807) is 20.8 Å². The number of alkyl halides is 2. The van der Waals surface area contributed by atoms with Crippen LogP contribution in [0.5, 0.6) is 0 Å². The van der Waals surface area contributed by atoms with E-state index in [-0.39, 0.29) is 6.04 Å². The van der Waals surface area contributed by atoms with E-state index < -0.39 is 30.7 Å². The summed E-state index contributed by atoms with van der Waals surface area (Å²) in [6.07, 6.45) is 2.35. The predicted octanol–water partition coefficient (Wildman–Crippen LogP) is 3.56. The number of carbonyl (C=O) groups excluding carboxylic acids is 1. The van der Waals surface area contributed by atoms with Crippen molar-refractivity contribution in [1.82, 2.24) is 10.6 Å². The molecular weight excluding hydrogens is 290 g/mol. The van der Waals surface area contributed by atoms with Crippen molar-refractivity contribution in [3.63, 3.8) is 0 Å². The SMILES string of the molecule is CC1CCC(C)C(NCC(F)(F)CNC(=O)OC(C)(C)C)C1. The topological polar surface area (TPSA) is 50.4 Å². The average Bonchev–Trinajstić information content (AvgIpc) is 2.36. The number of hydrogen-bond donors (Lipinski definition) is 2. The molecule has 0 aromatic heterocycles. The Labute approximate surface area is 132 Å². The van der Waals surface area contributed by atoms with Gasteiger partial charge in [-0.1, -0.05) is 20.3 Å². The molecule has 0 aliphatic heterocycles. The zero-order chi connectivity index (χ0) is 17.0. The van der Waals surface area contributed by atoms with Gasteiger partial charge in [0.05, 0.1) is 13.1 Å². The number of halogens is 2. The molecule has 0 aromatic carbocycles. The van der Waals surface area contributed by atoms with Crippen LogP contribution in [0.4, 0.5) is 13.6 Å². The van der Waals surface area contributed by atoms with Gasteiger partial charge in [0.1, 0.15) is 5.60 Å². The van der Waals surface area contributed by atoms with Crippen LogP contribution in [0.3, 0.4) is 0 Å². The highest BCUT2D eigenvalue weighted by molar-refractivity contribution is 5.67. The molecule has 2 N–H and O–H groups in total. The van der Waals surface area contributed by atoms with Gasteiger partial charge in [-0.15, -0.1) is 0 Å². The zero-order valence-corrected chi connectivity index (χ0v) is 14.3. The molecule has 0 saturated heterocycles. The average molecular weight is 320 g/mol. The van der Waals surface area contributed by atoms with Crippen molar-refractivity contribution in [1.29, 1.82) is 0 Å². The summed E-state index contributed by atoms with van der Waals surface area (Å²) in [6, 6.07) is 0.121. The predicted molar refractivity (Wildman–Crippen MR) is 83.2 cm³/mol. The van der Waals surface area contributed by atoms with Crippen LogP contribution in [0.1, 0.15) is 53.9 Å². The Balaban J connectivity index is 2.35. The minimum absolute atomic E-state index is 0.121. The van der Waals surface area contributed by atoms with Crippen LogP contribution in [-0.2, 0) is 4.74 Å². The Bertz CT molecular complexity index is 370. The fraction of sp³-hybridized carbons (Fsp3) is 0.938. The molecule has 1 aliphatic carbocycles. The molecule has 3 unspecified atom stereocenters. The first-order chi connectivity index (χ1) is 9.98. The molecule has 1 saturated carbocycles. The van der Waals surface area contributed by atoms with Gasteiger partial charge < -0.3 is 15.4 Å². The first kappa shape index (κ1) is 19.1. The number of amides is 1. The third-order valence-electron chi connectivity index (χ3n) is 3.97. The van der Waals surface area contributed by atoms with E-state index in [9.17, 15) is 13.6 Å². The first-order valence-corrected chi connectivity index (χ1v) is 8.06. The molecule has 1 rings (SSSR count). The summed E-state index contributed by atoms with van der Waals surface area (Å²) in [5.41, 5.74) is -0.689. The van der Waals surface area contributed by atoms with E-state index in [1.807, 2.05) is 0 Å². The Hall–Kier alpha value is -0.910. The zero-order valence-electron chi connectivity index (χ0n) is 14.3. The van der Waals surface area contributed by atoms with Gasteiger partial charge in [-0.3, -0.25) is 0 Å². The van der Waals surface area contributed by atoms with Gasteiger partial charge in [-0.2, -0.15) is 0 Å². The van der Waals surface area contributed by atoms with Crippen molar-refractivity contribution in [3.05, 3.63) is 0 Å². The molecule has 1 fully saturated rings. The number of rotatable bonds is 5. The molecule has 0 radical (unpaired) electrons. The number of nitrogens with one attached hydrogen (secondary N) is 2. The van der Waals surface area contributed by atoms with E-state index >= 15 is 0 Å². The number of carbonyl (C=O) groups is 1. The third kappa shape index (κ3) is 7.38. The molecule has 0 aromatic rings. The van der Waals surface area contributed by atoms with Gasteiger partial charge in [0.15, 0.2) is 0 Å². The highest BCUT2D eigenvalue weighted by atomic mass is 19.3. The first-order valence-electron chi connectivity index (χ1n) is 8.06. The van der Waals surface area contributed by atoms with Gasteiger partial charge in [0, 0.05) is 6.04 Å². The standard InChI is InChI=1S/C16H30F2N2O2/c1-11-6-7-12(2)13(8-11)19-9-16(17,18)10-20-14(21)22-15(3,4)5/h11-13,19H,6-10H2,1-5H3,(H,20,21). The smallest absolute Gasteiger partial charge is 0.407 e. The van der Waals surface area contributed by atoms with Gasteiger partial charge in [0.25, 0.3) is 5.92 Å². The van der Waals surface area contributed by atoms with E-state index in [0.717, 1.165) is 19.3 Å². The van der Waals surface area contributed by atoms with Crippen molar-refractivity contribution in [2.45, 2.75) is 71.4 Å². The molecule has 1 amide bonds. The fourth-order valence-electron chi connectivity index (χ4n) is 2.68. The maximum Gasteiger partial charge on any atom is 0.407 e. The van der Waals surface area contributed by atoms with Gasteiger partial charge in [-0.05, 0) is 45.4 Å². The van der Waals surface area contributed by atoms with Crippen LogP contribution in [0.2, 0.25) is 0 Å². The monoisotopic (exact) mass is 320 g/mol. The van der Waals surface area contributed by atoms with E-state index in [0.29, 0.717) is 11.8 Å². The lowest BCUT2D eigenvalue weighted by Gasteiger charge is -2.34. The quantitative estimate of drug-likeness (QED) is 0.814. The molecule has 6 heteroatoms. The normalized spacial score (nSPS) is 26.6. The minimum Gasteiger partial charge on any atom is -0.444 e. The number of hydrogen-bond acceptors (Lipinski definition) is 3. The Morgan fingerprint density at radius 2 is 1.82 bits per heavy atom. The molecule has 0 heterocycles. The Morgan fingerprint density at radius 1 is 1.18 bits per heavy atom. The summed E-state index contributed by atoms with van der Waals surface area (Å²) in [5, 5.41) is 5.11. The molecule has 1 aliphatic rings. The fourth-order valence-corrected chi connectivity index (χ4v) is 2.68. The van der Waals surface area contributed by atoms with Crippen molar-refractivity contribution in [2.75, 3.05) is 13.1 Å². The summed E-state index contributed by atoms with van der Waals surface area (Å²) < 4.78 is 32.7. The summed E-state index contributed by atoms with van der Waals surface area (Å²) in [6.45, 7) is 8.19. The summed E-state index contributed by atoms with van der Waals surface area (Å²) in [7, 11) is 0. The molecule has 0 spiro atoms. The number of ether oxygens (including phenoxy) is 1. The van der Waals surface area contributed by atoms with Crippen LogP contribution in [0.15, 0.2) is 0 Å². The van der Waals surface area contributed by atoms with Gasteiger partial charge >= 0.3 is 6.09 Å². The highest BCUT2D eigenvalue weighted by Crippen LogP contribution is 2.28. The number of alkyl carbamates (subject to hydrolysis) is 1. The summed E-state index contributed by atoms with van der Waals surface area (Å²) in [4.78, 5) is 11.4. The van der Waals surface area contributed by atoms with Crippen LogP contribution in [-0.4, -0.2) is 36.7 Å². The van der Waals surface area contributed by atoms with Crippen LogP contribution in [0.25, 0.3) is 0 Å². The van der Waals surface area contributed by atoms with E-state index in [2.05, 4.69) is 24.5 Å². The van der Waals surface area contributed by atoms with Crippen molar-refractivity contribution < 1.29 is 18.3 Å². The van der Waals surface area contributed by atoms with Gasteiger partial charge in [-0.25, -0.2) is 13.6 Å². The van der Waals surface area contributed by atoms with Crippen molar-refractivity contribution in [2.24, 2.45) is 11.8 Å². The molecule has 3 atom stereocenters. The third-order valence-corrected chi connectivity index (χ3v) is 3.97. The summed E-state index contributed by atoms with van der Waals surface area (Å²) in [5.74, 6) is -2.01. The molecule has 0 bridgehead atoms. The lowest BCUT2D eigenvalue weighted by molar-refractivity contribution is -0.00860. The second kappa shape index (κ2) is 7.57.